The fraction of sp³-hybridized carbons (Fsp3) is 0.500. The highest BCUT2D eigenvalue weighted by molar-refractivity contribution is 7.89. The van der Waals surface area contributed by atoms with Gasteiger partial charge in [0, 0.05) is 32.1 Å². The third-order valence-electron chi connectivity index (χ3n) is 4.23. The Bertz CT molecular complexity index is 751. The van der Waals surface area contributed by atoms with E-state index in [2.05, 4.69) is 10.1 Å². The van der Waals surface area contributed by atoms with Crippen molar-refractivity contribution < 1.29 is 31.1 Å². The molecule has 1 amide bonds. The van der Waals surface area contributed by atoms with E-state index in [0.29, 0.717) is 6.54 Å². The van der Waals surface area contributed by atoms with Crippen molar-refractivity contribution >= 4 is 15.9 Å². The lowest BCUT2D eigenvalue weighted by Gasteiger charge is -2.23. The number of nitrogens with one attached hydrogen (secondary N) is 1. The van der Waals surface area contributed by atoms with Crippen molar-refractivity contribution in [2.45, 2.75) is 17.7 Å². The van der Waals surface area contributed by atoms with Crippen molar-refractivity contribution in [3.05, 3.63) is 24.3 Å². The molecule has 2 heterocycles. The number of rotatable bonds is 3. The van der Waals surface area contributed by atoms with Gasteiger partial charge >= 0.3 is 6.36 Å². The van der Waals surface area contributed by atoms with Crippen molar-refractivity contribution in [2.75, 3.05) is 19.6 Å². The van der Waals surface area contributed by atoms with E-state index in [-0.39, 0.29) is 42.1 Å². The highest BCUT2D eigenvalue weighted by atomic mass is 32.2. The van der Waals surface area contributed by atoms with Crippen molar-refractivity contribution in [1.82, 2.24) is 9.62 Å². The molecule has 2 atom stereocenters. The van der Waals surface area contributed by atoms with Gasteiger partial charge in [0.05, 0.1) is 4.90 Å². The number of benzene rings is 1. The van der Waals surface area contributed by atoms with Gasteiger partial charge < -0.3 is 10.1 Å². The molecule has 0 aliphatic carbocycles. The molecular weight excluding hydrogens is 349 g/mol. The predicted octanol–water partition coefficient (Wildman–Crippen LogP) is 1.34. The minimum Gasteiger partial charge on any atom is -0.406 e. The summed E-state index contributed by atoms with van der Waals surface area (Å²) in [7, 11) is -3.95. The SMILES string of the molecule is O=C1C[C@@H]2CN(S(=O)(=O)c3cccc(OC(F)(F)F)c3)C[C@@H]2CN1. The highest BCUT2D eigenvalue weighted by Gasteiger charge is 2.42. The van der Waals surface area contributed by atoms with Crippen LogP contribution >= 0.6 is 0 Å². The molecule has 2 fully saturated rings. The number of ether oxygens (including phenoxy) is 1. The van der Waals surface area contributed by atoms with E-state index in [0.717, 1.165) is 12.1 Å². The molecule has 6 nitrogen and oxygen atoms in total. The number of hydrogen-bond donors (Lipinski definition) is 1. The molecule has 2 saturated heterocycles. The Morgan fingerprint density at radius 1 is 1.21 bits per heavy atom. The molecule has 0 spiro atoms. The molecule has 0 saturated carbocycles. The number of hydrogen-bond acceptors (Lipinski definition) is 4. The summed E-state index contributed by atoms with van der Waals surface area (Å²) in [5.74, 6) is -0.747. The fourth-order valence-corrected chi connectivity index (χ4v) is 4.68. The van der Waals surface area contributed by atoms with Crippen LogP contribution in [0.2, 0.25) is 0 Å². The summed E-state index contributed by atoms with van der Waals surface area (Å²) >= 11 is 0. The molecule has 10 heteroatoms. The highest BCUT2D eigenvalue weighted by Crippen LogP contribution is 2.33. The number of carbonyl (C=O) groups excluding carboxylic acids is 1. The van der Waals surface area contributed by atoms with Gasteiger partial charge in [-0.15, -0.1) is 13.2 Å². The second-order valence-corrected chi connectivity index (χ2v) is 7.81. The van der Waals surface area contributed by atoms with Crippen LogP contribution in [-0.2, 0) is 14.8 Å². The fourth-order valence-electron chi connectivity index (χ4n) is 3.09. The quantitative estimate of drug-likeness (QED) is 0.878. The van der Waals surface area contributed by atoms with E-state index >= 15 is 0 Å². The second-order valence-electron chi connectivity index (χ2n) is 5.87. The Balaban J connectivity index is 1.81. The minimum atomic E-state index is -4.89. The molecule has 1 aromatic carbocycles. The monoisotopic (exact) mass is 364 g/mol. The normalized spacial score (nSPS) is 25.2. The summed E-state index contributed by atoms with van der Waals surface area (Å²) in [6.07, 6.45) is -4.63. The van der Waals surface area contributed by atoms with E-state index in [1.54, 1.807) is 0 Å². The van der Waals surface area contributed by atoms with Crippen LogP contribution in [0.3, 0.4) is 0 Å². The third kappa shape index (κ3) is 3.48. The van der Waals surface area contributed by atoms with Crippen LogP contribution in [0, 0.1) is 11.8 Å². The molecular formula is C14H15F3N2O4S. The summed E-state index contributed by atoms with van der Waals surface area (Å²) in [6, 6.07) is 4.32. The zero-order chi connectivity index (χ0) is 17.5. The summed E-state index contributed by atoms with van der Waals surface area (Å²) in [5, 5.41) is 2.69. The number of halogens is 3. The van der Waals surface area contributed by atoms with E-state index < -0.39 is 22.1 Å². The van der Waals surface area contributed by atoms with Crippen molar-refractivity contribution in [2.24, 2.45) is 11.8 Å². The molecule has 1 aromatic rings. The van der Waals surface area contributed by atoms with Gasteiger partial charge in [-0.3, -0.25) is 4.79 Å². The number of alkyl halides is 3. The molecule has 0 radical (unpaired) electrons. The number of nitrogens with zero attached hydrogens (tertiary/aromatic N) is 1. The van der Waals surface area contributed by atoms with Crippen LogP contribution in [0.1, 0.15) is 6.42 Å². The molecule has 24 heavy (non-hydrogen) atoms. The van der Waals surface area contributed by atoms with Gasteiger partial charge in [-0.1, -0.05) is 6.07 Å². The maximum absolute atomic E-state index is 12.7. The number of sulfonamides is 1. The molecule has 0 aromatic heterocycles. The minimum absolute atomic E-state index is 0.0204. The van der Waals surface area contributed by atoms with Gasteiger partial charge in [-0.2, -0.15) is 4.31 Å². The number of carbonyl (C=O) groups is 1. The maximum atomic E-state index is 12.7. The van der Waals surface area contributed by atoms with Crippen molar-refractivity contribution in [3.8, 4) is 5.75 Å². The first-order valence-corrected chi connectivity index (χ1v) is 8.72. The molecule has 0 bridgehead atoms. The Kier molecular flexibility index (Phi) is 4.20. The lowest BCUT2D eigenvalue weighted by Crippen LogP contribution is -2.40. The number of fused-ring (bicyclic) bond motifs is 1. The Morgan fingerprint density at radius 3 is 2.62 bits per heavy atom. The molecule has 2 aliphatic rings. The van der Waals surface area contributed by atoms with Crippen LogP contribution in [0.5, 0.6) is 5.75 Å². The largest absolute Gasteiger partial charge is 0.573 e. The van der Waals surface area contributed by atoms with E-state index in [9.17, 15) is 26.4 Å². The van der Waals surface area contributed by atoms with Crippen molar-refractivity contribution in [3.63, 3.8) is 0 Å². The zero-order valence-electron chi connectivity index (χ0n) is 12.4. The first-order valence-electron chi connectivity index (χ1n) is 7.28. The Labute approximate surface area is 136 Å². The third-order valence-corrected chi connectivity index (χ3v) is 6.06. The van der Waals surface area contributed by atoms with E-state index in [1.165, 1.54) is 16.4 Å². The molecule has 2 aliphatic heterocycles. The first-order chi connectivity index (χ1) is 11.1. The van der Waals surface area contributed by atoms with E-state index in [4.69, 9.17) is 0 Å². The average molecular weight is 364 g/mol. The summed E-state index contributed by atoms with van der Waals surface area (Å²) in [6.45, 7) is 0.829. The van der Waals surface area contributed by atoms with Crippen LogP contribution in [0.25, 0.3) is 0 Å². The van der Waals surface area contributed by atoms with Crippen LogP contribution in [0.4, 0.5) is 13.2 Å². The van der Waals surface area contributed by atoms with Gasteiger partial charge in [-0.25, -0.2) is 8.42 Å². The topological polar surface area (TPSA) is 75.7 Å². The summed E-state index contributed by atoms with van der Waals surface area (Å²) in [5.41, 5.74) is 0. The average Bonchev–Trinajstić information content (AvgIpc) is 2.89. The van der Waals surface area contributed by atoms with Crippen LogP contribution in [0.15, 0.2) is 29.2 Å². The van der Waals surface area contributed by atoms with Crippen molar-refractivity contribution in [1.29, 1.82) is 0 Å². The van der Waals surface area contributed by atoms with Gasteiger partial charge in [0.1, 0.15) is 5.75 Å². The van der Waals surface area contributed by atoms with Gasteiger partial charge in [-0.05, 0) is 24.0 Å². The van der Waals surface area contributed by atoms with Crippen LogP contribution < -0.4 is 10.1 Å². The smallest absolute Gasteiger partial charge is 0.406 e. The molecule has 3 rings (SSSR count). The molecule has 0 unspecified atom stereocenters. The maximum Gasteiger partial charge on any atom is 0.573 e. The predicted molar refractivity (Wildman–Crippen MR) is 76.5 cm³/mol. The first kappa shape index (κ1) is 17.0. The molecule has 132 valence electrons. The van der Waals surface area contributed by atoms with Crippen LogP contribution in [-0.4, -0.2) is 44.6 Å². The Hall–Kier alpha value is -1.81. The van der Waals surface area contributed by atoms with E-state index in [1.807, 2.05) is 0 Å². The lowest BCUT2D eigenvalue weighted by atomic mass is 9.89. The second kappa shape index (κ2) is 5.92. The summed E-state index contributed by atoms with van der Waals surface area (Å²) in [4.78, 5) is 11.1. The Morgan fingerprint density at radius 2 is 1.92 bits per heavy atom. The van der Waals surface area contributed by atoms with Gasteiger partial charge in [0.25, 0.3) is 0 Å². The van der Waals surface area contributed by atoms with Gasteiger partial charge in [0.15, 0.2) is 0 Å². The number of amides is 1. The summed E-state index contributed by atoms with van der Waals surface area (Å²) < 4.78 is 67.2. The number of piperidine rings is 1. The van der Waals surface area contributed by atoms with Gasteiger partial charge in [0.2, 0.25) is 15.9 Å². The lowest BCUT2D eigenvalue weighted by molar-refractivity contribution is -0.274. The zero-order valence-corrected chi connectivity index (χ0v) is 13.2. The standard InChI is InChI=1S/C14H15F3N2O4S/c15-14(16,17)23-11-2-1-3-12(5-11)24(21,22)19-7-9-4-13(20)18-6-10(9)8-19/h1-3,5,9-10H,4,6-8H2,(H,18,20)/t9-,10+/m1/s1. The molecule has 1 N–H and O–H groups in total.